The van der Waals surface area contributed by atoms with Gasteiger partial charge in [0, 0.05) is 12.3 Å². The zero-order valence-electron chi connectivity index (χ0n) is 12.6. The molecule has 116 valence electrons. The minimum atomic E-state index is -1.36. The lowest BCUT2D eigenvalue weighted by Crippen LogP contribution is -2.53. The van der Waals surface area contributed by atoms with Gasteiger partial charge in [0.25, 0.3) is 0 Å². The first kappa shape index (κ1) is 15.7. The number of allylic oxidation sites excluding steroid dienone is 2. The summed E-state index contributed by atoms with van der Waals surface area (Å²) < 4.78 is 10.3. The number of carbonyl (C=O) groups is 3. The molecule has 0 aromatic carbocycles. The number of ether oxygens (including phenoxy) is 2. The van der Waals surface area contributed by atoms with Crippen LogP contribution in [0.2, 0.25) is 0 Å². The Bertz CT molecular complexity index is 447. The number of carbonyl (C=O) groups excluding carboxylic acids is 3. The molecule has 0 heterocycles. The molecule has 2 rings (SSSR count). The van der Waals surface area contributed by atoms with Crippen LogP contribution < -0.4 is 0 Å². The third-order valence-corrected chi connectivity index (χ3v) is 4.44. The van der Waals surface area contributed by atoms with Crippen LogP contribution in [0.3, 0.4) is 0 Å². The summed E-state index contributed by atoms with van der Waals surface area (Å²) in [6.45, 7) is 3.82. The van der Waals surface area contributed by atoms with Crippen LogP contribution in [0.25, 0.3) is 0 Å². The van der Waals surface area contributed by atoms with Crippen molar-refractivity contribution in [2.75, 3.05) is 13.2 Å². The average Bonchev–Trinajstić information content (AvgIpc) is 2.47. The summed E-state index contributed by atoms with van der Waals surface area (Å²) in [5.74, 6) is -1.74. The summed E-state index contributed by atoms with van der Waals surface area (Å²) in [7, 11) is 0. The van der Waals surface area contributed by atoms with Crippen molar-refractivity contribution in [2.45, 2.75) is 39.5 Å². The Kier molecular flexibility index (Phi) is 4.80. The largest absolute Gasteiger partial charge is 0.465 e. The Hall–Kier alpha value is -1.65. The summed E-state index contributed by atoms with van der Waals surface area (Å²) in [4.78, 5) is 37.2. The predicted octanol–water partition coefficient (Wildman–Crippen LogP) is 2.04. The molecule has 5 nitrogen and oxygen atoms in total. The minimum Gasteiger partial charge on any atom is -0.465 e. The summed E-state index contributed by atoms with van der Waals surface area (Å²) in [6.07, 6.45) is 5.71. The van der Waals surface area contributed by atoms with E-state index in [2.05, 4.69) is 0 Å². The Morgan fingerprint density at radius 2 is 1.86 bits per heavy atom. The van der Waals surface area contributed by atoms with Crippen LogP contribution in [-0.2, 0) is 23.9 Å². The van der Waals surface area contributed by atoms with Crippen LogP contribution in [0.5, 0.6) is 0 Å². The Labute approximate surface area is 124 Å². The molecule has 0 spiro atoms. The van der Waals surface area contributed by atoms with E-state index in [9.17, 15) is 14.4 Å². The first-order chi connectivity index (χ1) is 10.1. The van der Waals surface area contributed by atoms with E-state index in [4.69, 9.17) is 9.47 Å². The van der Waals surface area contributed by atoms with Crippen LogP contribution >= 0.6 is 0 Å². The fourth-order valence-electron chi connectivity index (χ4n) is 3.49. The molecule has 1 fully saturated rings. The van der Waals surface area contributed by atoms with Gasteiger partial charge in [-0.2, -0.15) is 0 Å². The highest BCUT2D eigenvalue weighted by molar-refractivity contribution is 6.02. The molecular weight excluding hydrogens is 272 g/mol. The molecule has 0 N–H and O–H groups in total. The van der Waals surface area contributed by atoms with Crippen LogP contribution in [0, 0.1) is 17.3 Å². The lowest BCUT2D eigenvalue weighted by Gasteiger charge is -2.43. The molecule has 0 bridgehead atoms. The van der Waals surface area contributed by atoms with E-state index < -0.39 is 17.4 Å². The summed E-state index contributed by atoms with van der Waals surface area (Å²) in [5, 5.41) is 0. The molecule has 5 heteroatoms. The maximum Gasteiger partial charge on any atom is 0.324 e. The lowest BCUT2D eigenvalue weighted by molar-refractivity contribution is -0.180. The number of Topliss-reactive ketones (excluding diaryl/α,β-unsaturated/α-hetero) is 1. The zero-order valence-corrected chi connectivity index (χ0v) is 12.6. The van der Waals surface area contributed by atoms with Crippen molar-refractivity contribution in [3.8, 4) is 0 Å². The van der Waals surface area contributed by atoms with Crippen molar-refractivity contribution < 1.29 is 23.9 Å². The van der Waals surface area contributed by atoms with Gasteiger partial charge in [-0.3, -0.25) is 14.4 Å². The highest BCUT2D eigenvalue weighted by atomic mass is 16.6. The molecule has 0 saturated heterocycles. The molecule has 0 aromatic heterocycles. The van der Waals surface area contributed by atoms with E-state index in [1.807, 2.05) is 6.08 Å². The summed E-state index contributed by atoms with van der Waals surface area (Å²) in [6, 6.07) is 0. The number of esters is 2. The number of hydrogen-bond acceptors (Lipinski definition) is 5. The van der Waals surface area contributed by atoms with E-state index in [1.54, 1.807) is 19.9 Å². The predicted molar refractivity (Wildman–Crippen MR) is 75.3 cm³/mol. The average molecular weight is 294 g/mol. The highest BCUT2D eigenvalue weighted by Crippen LogP contribution is 2.48. The molecule has 2 aliphatic carbocycles. The molecular formula is C16H22O5. The van der Waals surface area contributed by atoms with Crippen LogP contribution in [0.4, 0.5) is 0 Å². The van der Waals surface area contributed by atoms with Crippen molar-refractivity contribution in [3.05, 3.63) is 12.2 Å². The molecule has 21 heavy (non-hydrogen) atoms. The smallest absolute Gasteiger partial charge is 0.324 e. The molecule has 0 radical (unpaired) electrons. The van der Waals surface area contributed by atoms with Gasteiger partial charge in [-0.25, -0.2) is 0 Å². The number of fused-ring (bicyclic) bond motifs is 1. The maximum atomic E-state index is 12.5. The van der Waals surface area contributed by atoms with Gasteiger partial charge in [0.05, 0.1) is 13.2 Å². The quantitative estimate of drug-likeness (QED) is 0.451. The fraction of sp³-hybridized carbons (Fsp3) is 0.688. The molecule has 0 aliphatic heterocycles. The van der Waals surface area contributed by atoms with Crippen molar-refractivity contribution in [1.82, 2.24) is 0 Å². The second-order valence-electron chi connectivity index (χ2n) is 5.54. The van der Waals surface area contributed by atoms with Crippen molar-refractivity contribution in [3.63, 3.8) is 0 Å². The number of rotatable bonds is 4. The van der Waals surface area contributed by atoms with Gasteiger partial charge in [0.2, 0.25) is 0 Å². The van der Waals surface area contributed by atoms with Crippen molar-refractivity contribution in [2.24, 2.45) is 17.3 Å². The van der Waals surface area contributed by atoms with Gasteiger partial charge < -0.3 is 9.47 Å². The van der Waals surface area contributed by atoms with Crippen molar-refractivity contribution >= 4 is 17.7 Å². The van der Waals surface area contributed by atoms with Crippen LogP contribution in [-0.4, -0.2) is 30.9 Å². The molecule has 2 unspecified atom stereocenters. The van der Waals surface area contributed by atoms with E-state index in [1.165, 1.54) is 0 Å². The van der Waals surface area contributed by atoms with Gasteiger partial charge in [0.1, 0.15) is 5.78 Å². The first-order valence-corrected chi connectivity index (χ1v) is 7.61. The Morgan fingerprint density at radius 1 is 1.24 bits per heavy atom. The van der Waals surface area contributed by atoms with Gasteiger partial charge in [0.15, 0.2) is 5.41 Å². The summed E-state index contributed by atoms with van der Waals surface area (Å²) >= 11 is 0. The fourth-order valence-corrected chi connectivity index (χ4v) is 3.49. The molecule has 1 saturated carbocycles. The van der Waals surface area contributed by atoms with Gasteiger partial charge in [-0.15, -0.1) is 0 Å². The van der Waals surface area contributed by atoms with E-state index >= 15 is 0 Å². The SMILES string of the molecule is CCOC(=O)C1(C(=O)OCC)CC=CC2C(=O)CCCC21. The third-order valence-electron chi connectivity index (χ3n) is 4.44. The minimum absolute atomic E-state index is 0.0974. The Morgan fingerprint density at radius 3 is 2.43 bits per heavy atom. The van der Waals surface area contributed by atoms with Crippen molar-refractivity contribution in [1.29, 1.82) is 0 Å². The van der Waals surface area contributed by atoms with E-state index in [0.29, 0.717) is 19.3 Å². The zero-order chi connectivity index (χ0) is 15.5. The molecule has 2 aliphatic rings. The Balaban J connectivity index is 2.43. The van der Waals surface area contributed by atoms with Gasteiger partial charge >= 0.3 is 11.9 Å². The van der Waals surface area contributed by atoms with E-state index in [0.717, 1.165) is 0 Å². The summed E-state index contributed by atoms with van der Waals surface area (Å²) in [5.41, 5.74) is -1.36. The third kappa shape index (κ3) is 2.61. The van der Waals surface area contributed by atoms with Crippen LogP contribution in [0.1, 0.15) is 39.5 Å². The second kappa shape index (κ2) is 6.41. The molecule has 2 atom stereocenters. The second-order valence-corrected chi connectivity index (χ2v) is 5.54. The number of ketones is 1. The lowest BCUT2D eigenvalue weighted by atomic mass is 9.59. The van der Waals surface area contributed by atoms with E-state index in [-0.39, 0.29) is 37.3 Å². The molecule has 0 amide bonds. The number of hydrogen-bond donors (Lipinski definition) is 0. The highest BCUT2D eigenvalue weighted by Gasteiger charge is 2.58. The normalized spacial score (nSPS) is 26.9. The maximum absolute atomic E-state index is 12.5. The first-order valence-electron chi connectivity index (χ1n) is 7.61. The standard InChI is InChI=1S/C16H22O5/c1-3-20-14(18)16(15(19)21-4-2)10-6-7-11-12(16)8-5-9-13(11)17/h6-7,11-12H,3-5,8-10H2,1-2H3. The van der Waals surface area contributed by atoms with Gasteiger partial charge in [-0.05, 0) is 39.0 Å². The molecule has 0 aromatic rings. The van der Waals surface area contributed by atoms with Crippen LogP contribution in [0.15, 0.2) is 12.2 Å². The monoisotopic (exact) mass is 294 g/mol. The topological polar surface area (TPSA) is 69.7 Å². The van der Waals surface area contributed by atoms with Gasteiger partial charge in [-0.1, -0.05) is 12.2 Å².